The Morgan fingerprint density at radius 3 is 2.74 bits per heavy atom. The molecule has 0 bridgehead atoms. The Morgan fingerprint density at radius 2 is 2.10 bits per heavy atom. The number of carbonyl (C=O) groups is 2. The highest BCUT2D eigenvalue weighted by atomic mass is 32.1. The molecule has 0 saturated heterocycles. The molecule has 0 aliphatic heterocycles. The molecule has 8 nitrogen and oxygen atoms in total. The molecule has 5 rings (SSSR count). The highest BCUT2D eigenvalue weighted by Crippen LogP contribution is 2.44. The van der Waals surface area contributed by atoms with Crippen LogP contribution in [-0.2, 0) is 0 Å². The molecule has 10 heteroatoms. The second-order valence-electron chi connectivity index (χ2n) is 7.26. The second-order valence-corrected chi connectivity index (χ2v) is 8.16. The van der Waals surface area contributed by atoms with Gasteiger partial charge in [-0.15, -0.1) is 11.3 Å². The summed E-state index contributed by atoms with van der Waals surface area (Å²) in [5, 5.41) is 2.77. The van der Waals surface area contributed by atoms with Crippen molar-refractivity contribution in [3.05, 3.63) is 64.3 Å². The van der Waals surface area contributed by atoms with E-state index in [9.17, 15) is 14.0 Å². The highest BCUT2D eigenvalue weighted by molar-refractivity contribution is 7.13. The van der Waals surface area contributed by atoms with Crippen molar-refractivity contribution in [1.29, 1.82) is 0 Å². The lowest BCUT2D eigenvalue weighted by atomic mass is 10.1. The molecule has 1 aliphatic rings. The fourth-order valence-corrected chi connectivity index (χ4v) is 4.15. The summed E-state index contributed by atoms with van der Waals surface area (Å²) in [5.41, 5.74) is 7.25. The molecule has 4 aromatic rings. The van der Waals surface area contributed by atoms with Crippen molar-refractivity contribution < 1.29 is 18.8 Å². The Balaban J connectivity index is 1.57. The zero-order valence-electron chi connectivity index (χ0n) is 16.3. The van der Waals surface area contributed by atoms with E-state index in [0.717, 1.165) is 12.8 Å². The maximum atomic E-state index is 13.9. The number of nitrogens with zero attached hydrogens (tertiary/aromatic N) is 4. The smallest absolute Gasteiger partial charge is 0.366 e. The van der Waals surface area contributed by atoms with Gasteiger partial charge in [0.15, 0.2) is 10.8 Å². The lowest BCUT2D eigenvalue weighted by Gasteiger charge is -2.12. The summed E-state index contributed by atoms with van der Waals surface area (Å²) in [7, 11) is 0. The van der Waals surface area contributed by atoms with Crippen molar-refractivity contribution in [3.8, 4) is 10.8 Å². The summed E-state index contributed by atoms with van der Waals surface area (Å²) < 4.78 is 15.2. The van der Waals surface area contributed by atoms with E-state index in [4.69, 9.17) is 10.6 Å². The molecule has 1 fully saturated rings. The summed E-state index contributed by atoms with van der Waals surface area (Å²) in [6, 6.07) is 3.93. The van der Waals surface area contributed by atoms with E-state index >= 15 is 0 Å². The molecule has 1 aliphatic carbocycles. The van der Waals surface area contributed by atoms with Gasteiger partial charge in [0.1, 0.15) is 11.4 Å². The monoisotopic (exact) mass is 437 g/mol. The molecule has 0 atom stereocenters. The van der Waals surface area contributed by atoms with Gasteiger partial charge in [-0.2, -0.15) is 4.73 Å². The average molecular weight is 437 g/mol. The molecule has 3 heterocycles. The van der Waals surface area contributed by atoms with Crippen LogP contribution in [0.2, 0.25) is 0 Å². The van der Waals surface area contributed by atoms with E-state index in [-0.39, 0.29) is 17.0 Å². The van der Waals surface area contributed by atoms with Gasteiger partial charge in [0.2, 0.25) is 0 Å². The molecule has 0 unspecified atom stereocenters. The van der Waals surface area contributed by atoms with Crippen LogP contribution in [0.3, 0.4) is 0 Å². The first-order valence-electron chi connectivity index (χ1n) is 9.54. The third-order valence-electron chi connectivity index (χ3n) is 5.13. The first-order valence-corrected chi connectivity index (χ1v) is 10.4. The lowest BCUT2D eigenvalue weighted by molar-refractivity contribution is 0.0466. The number of aryl methyl sites for hydroxylation is 1. The number of amides is 1. The van der Waals surface area contributed by atoms with Crippen LogP contribution in [0, 0.1) is 12.7 Å². The van der Waals surface area contributed by atoms with Crippen molar-refractivity contribution in [2.24, 2.45) is 5.73 Å². The Kier molecular flexibility index (Phi) is 4.51. The number of hydrogen-bond acceptors (Lipinski definition) is 7. The van der Waals surface area contributed by atoms with Crippen LogP contribution in [0.1, 0.15) is 50.9 Å². The first kappa shape index (κ1) is 19.3. The number of fused-ring (bicyclic) bond motifs is 1. The number of primary amides is 1. The van der Waals surface area contributed by atoms with Crippen LogP contribution in [0.4, 0.5) is 4.39 Å². The van der Waals surface area contributed by atoms with Crippen molar-refractivity contribution >= 4 is 34.1 Å². The minimum atomic E-state index is -0.695. The fourth-order valence-electron chi connectivity index (χ4n) is 3.58. The molecule has 31 heavy (non-hydrogen) atoms. The van der Waals surface area contributed by atoms with E-state index in [1.807, 2.05) is 5.38 Å². The predicted octanol–water partition coefficient (Wildman–Crippen LogP) is 3.25. The zero-order valence-corrected chi connectivity index (χ0v) is 17.1. The normalized spacial score (nSPS) is 13.5. The third kappa shape index (κ3) is 3.34. The van der Waals surface area contributed by atoms with E-state index in [1.165, 1.54) is 40.5 Å². The lowest BCUT2D eigenvalue weighted by Crippen LogP contribution is -2.24. The summed E-state index contributed by atoms with van der Waals surface area (Å²) >= 11 is 1.39. The van der Waals surface area contributed by atoms with E-state index in [1.54, 1.807) is 13.1 Å². The molecule has 1 amide bonds. The minimum absolute atomic E-state index is 0.00962. The number of rotatable bonds is 5. The highest BCUT2D eigenvalue weighted by Gasteiger charge is 2.35. The predicted molar refractivity (Wildman–Crippen MR) is 111 cm³/mol. The van der Waals surface area contributed by atoms with Gasteiger partial charge < -0.3 is 10.6 Å². The maximum absolute atomic E-state index is 13.9. The minimum Gasteiger partial charge on any atom is -0.366 e. The van der Waals surface area contributed by atoms with Gasteiger partial charge in [-0.25, -0.2) is 24.1 Å². The molecule has 0 radical (unpaired) electrons. The van der Waals surface area contributed by atoms with Crippen LogP contribution < -0.4 is 10.6 Å². The molecular formula is C21H16FN5O3S. The summed E-state index contributed by atoms with van der Waals surface area (Å²) in [5.74, 6) is -1.47. The number of hydrogen-bond donors (Lipinski definition) is 1. The molecule has 3 aromatic heterocycles. The molecule has 0 spiro atoms. The first-order chi connectivity index (χ1) is 14.9. The molecule has 2 N–H and O–H groups in total. The van der Waals surface area contributed by atoms with Crippen molar-refractivity contribution in [1.82, 2.24) is 19.7 Å². The Bertz CT molecular complexity index is 1350. The van der Waals surface area contributed by atoms with Crippen LogP contribution in [0.5, 0.6) is 0 Å². The average Bonchev–Trinajstić information content (AvgIpc) is 3.31. The maximum Gasteiger partial charge on any atom is 0.367 e. The second kappa shape index (κ2) is 7.24. The van der Waals surface area contributed by atoms with Gasteiger partial charge in [-0.05, 0) is 38.0 Å². The van der Waals surface area contributed by atoms with Gasteiger partial charge in [-0.1, -0.05) is 0 Å². The quantitative estimate of drug-likeness (QED) is 0.513. The fraction of sp³-hybridized carbons (Fsp3) is 0.190. The summed E-state index contributed by atoms with van der Waals surface area (Å²) in [4.78, 5) is 43.6. The van der Waals surface area contributed by atoms with Crippen molar-refractivity contribution in [2.45, 2.75) is 25.7 Å². The van der Waals surface area contributed by atoms with Crippen LogP contribution in [-0.4, -0.2) is 31.6 Å². The van der Waals surface area contributed by atoms with Crippen LogP contribution >= 0.6 is 11.3 Å². The molecular weight excluding hydrogens is 421 g/mol. The van der Waals surface area contributed by atoms with Crippen LogP contribution in [0.25, 0.3) is 21.7 Å². The van der Waals surface area contributed by atoms with E-state index < -0.39 is 17.7 Å². The number of nitrogens with two attached hydrogens (primary N) is 1. The Morgan fingerprint density at radius 1 is 1.29 bits per heavy atom. The largest absolute Gasteiger partial charge is 0.367 e. The number of aromatic nitrogens is 4. The standard InChI is InChI=1S/C21H16FN5O3S/c1-10-14(9-25-19(26-10)20-24-6-7-31-20)21(29)30-27-15-5-4-12(22)8-13(15)16(18(23)28)17(27)11-2-3-11/h4-9,11H,2-3H2,1H3,(H2,23,28). The molecule has 1 aromatic carbocycles. The SMILES string of the molecule is Cc1nc(-c2nccs2)ncc1C(=O)On1c(C2CC2)c(C(N)=O)c2cc(F)ccc21. The number of carbonyl (C=O) groups excluding carboxylic acids is 2. The molecule has 1 saturated carbocycles. The van der Waals surface area contributed by atoms with Crippen molar-refractivity contribution in [3.63, 3.8) is 0 Å². The Hall–Kier alpha value is -3.66. The number of thiazole rings is 1. The third-order valence-corrected chi connectivity index (χ3v) is 5.90. The molecule has 156 valence electrons. The van der Waals surface area contributed by atoms with Gasteiger partial charge in [0, 0.05) is 29.1 Å². The Labute approximate surface area is 179 Å². The number of halogens is 1. The van der Waals surface area contributed by atoms with E-state index in [2.05, 4.69) is 15.0 Å². The number of benzene rings is 1. The van der Waals surface area contributed by atoms with Crippen LogP contribution in [0.15, 0.2) is 36.0 Å². The van der Waals surface area contributed by atoms with E-state index in [0.29, 0.717) is 33.1 Å². The van der Waals surface area contributed by atoms with Gasteiger partial charge >= 0.3 is 5.97 Å². The summed E-state index contributed by atoms with van der Waals surface area (Å²) in [6.45, 7) is 1.68. The van der Waals surface area contributed by atoms with Gasteiger partial charge in [-0.3, -0.25) is 4.79 Å². The van der Waals surface area contributed by atoms with Crippen molar-refractivity contribution in [2.75, 3.05) is 0 Å². The summed E-state index contributed by atoms with van der Waals surface area (Å²) in [6.07, 6.45) is 4.68. The van der Waals surface area contributed by atoms with Gasteiger partial charge in [0.05, 0.1) is 22.5 Å². The van der Waals surface area contributed by atoms with Gasteiger partial charge in [0.25, 0.3) is 5.91 Å². The topological polar surface area (TPSA) is 113 Å². The zero-order chi connectivity index (χ0) is 21.7.